The molecule has 0 heterocycles. The van der Waals surface area contributed by atoms with Crippen molar-refractivity contribution in [2.75, 3.05) is 0 Å². The van der Waals surface area contributed by atoms with Gasteiger partial charge in [-0.25, -0.2) is 0 Å². The molecule has 1 N–H and O–H groups in total. The van der Waals surface area contributed by atoms with Crippen LogP contribution in [0.2, 0.25) is 0 Å². The summed E-state index contributed by atoms with van der Waals surface area (Å²) in [6.07, 6.45) is 0.715. The summed E-state index contributed by atoms with van der Waals surface area (Å²) in [7, 11) is -3.95. The van der Waals surface area contributed by atoms with E-state index >= 15 is 0 Å². The van der Waals surface area contributed by atoms with Crippen molar-refractivity contribution >= 4 is 77.9 Å². The molecule has 0 aromatic carbocycles. The maximum atomic E-state index is 10.8. The first-order valence-corrected chi connectivity index (χ1v) is 7.56. The van der Waals surface area contributed by atoms with Crippen molar-refractivity contribution in [3.05, 3.63) is 0 Å². The number of halogens is 3. The monoisotopic (exact) mass is 516 g/mol. The minimum atomic E-state index is -3.95. The van der Waals surface area contributed by atoms with Crippen molar-refractivity contribution in [2.24, 2.45) is 0 Å². The van der Waals surface area contributed by atoms with E-state index in [4.69, 9.17) is 4.55 Å². The van der Waals surface area contributed by atoms with Crippen LogP contribution in [0.1, 0.15) is 13.3 Å². The Morgan fingerprint density at radius 1 is 1.55 bits per heavy atom. The smallest absolute Gasteiger partial charge is 0.284 e. The van der Waals surface area contributed by atoms with Gasteiger partial charge in [-0.15, -0.1) is 0 Å². The second-order valence-corrected chi connectivity index (χ2v) is 11.9. The summed E-state index contributed by atoms with van der Waals surface area (Å²) in [6, 6.07) is 0. The highest BCUT2D eigenvalue weighted by Crippen LogP contribution is 2.42. The van der Waals surface area contributed by atoms with Crippen LogP contribution in [0.4, 0.5) is 0 Å². The zero-order valence-corrected chi connectivity index (χ0v) is 12.9. The van der Waals surface area contributed by atoms with Crippen molar-refractivity contribution < 1.29 is 13.0 Å². The first-order valence-electron chi connectivity index (χ1n) is 2.72. The molecule has 0 aliphatic heterocycles. The Hall–Kier alpha value is 2.10. The minimum absolute atomic E-state index is 0.0868. The van der Waals surface area contributed by atoms with Crippen LogP contribution in [0.25, 0.3) is 0 Å². The molecule has 0 aliphatic carbocycles. The summed E-state index contributed by atoms with van der Waals surface area (Å²) in [4.78, 5) is 0. The van der Waals surface area contributed by atoms with E-state index < -0.39 is 10.9 Å². The molecule has 1 unspecified atom stereocenters. The lowest BCUT2D eigenvalue weighted by Gasteiger charge is -2.21. The number of hydrogen-bond donors (Lipinski definition) is 1. The van der Waals surface area contributed by atoms with Crippen molar-refractivity contribution in [3.63, 3.8) is 0 Å². The quantitative estimate of drug-likeness (QED) is 0.357. The summed E-state index contributed by atoms with van der Waals surface area (Å²) >= 11 is 5.52. The second kappa shape index (κ2) is 4.55. The van der Waals surface area contributed by atoms with E-state index in [0.29, 0.717) is 6.42 Å². The van der Waals surface area contributed by atoms with Crippen molar-refractivity contribution in [1.29, 1.82) is 0 Å². The Labute approximate surface area is 107 Å². The van der Waals surface area contributed by atoms with Gasteiger partial charge in [-0.1, -0.05) is 29.5 Å². The molecule has 1 atom stereocenters. The van der Waals surface area contributed by atoms with Gasteiger partial charge in [0.25, 0.3) is 10.1 Å². The van der Waals surface area contributed by atoms with Gasteiger partial charge in [0.05, 0.1) is 3.92 Å². The molecule has 11 heavy (non-hydrogen) atoms. The third-order valence-corrected chi connectivity index (χ3v) is 11.5. The predicted molar refractivity (Wildman–Crippen MR) is 70.4 cm³/mol. The number of rotatable bonds is 3. The topological polar surface area (TPSA) is 54.4 Å². The number of alkyl halides is 3. The standard InChI is InChI=1S/C4H7I3O3S/c1-2-3(5)4(6,7)11(8,9)10/h3H,2H2,1H3,(H,8,9,10). The zero-order chi connectivity index (χ0) is 9.28. The van der Waals surface area contributed by atoms with E-state index in [1.807, 2.05) is 29.5 Å². The van der Waals surface area contributed by atoms with Crippen LogP contribution in [0.3, 0.4) is 0 Å². The van der Waals surface area contributed by atoms with Gasteiger partial charge in [0.15, 0.2) is 0 Å². The summed E-state index contributed by atoms with van der Waals surface area (Å²) in [5.74, 6) is 0. The molecule has 0 radical (unpaired) electrons. The lowest BCUT2D eigenvalue weighted by molar-refractivity contribution is 0.478. The largest absolute Gasteiger partial charge is 0.290 e. The maximum absolute atomic E-state index is 10.8. The zero-order valence-electron chi connectivity index (χ0n) is 5.59. The normalized spacial score (nSPS) is 16.5. The van der Waals surface area contributed by atoms with Gasteiger partial charge in [-0.3, -0.25) is 4.55 Å². The van der Waals surface area contributed by atoms with Crippen LogP contribution in [-0.2, 0) is 10.1 Å². The van der Waals surface area contributed by atoms with Crippen LogP contribution in [0.5, 0.6) is 0 Å². The predicted octanol–water partition coefficient (Wildman–Crippen LogP) is 2.61. The van der Waals surface area contributed by atoms with Gasteiger partial charge in [0.2, 0.25) is 0.760 Å². The highest BCUT2D eigenvalue weighted by molar-refractivity contribution is 14.2. The lowest BCUT2D eigenvalue weighted by atomic mass is 10.4. The van der Waals surface area contributed by atoms with Crippen LogP contribution in [0.15, 0.2) is 0 Å². The first kappa shape index (κ1) is 13.1. The lowest BCUT2D eigenvalue weighted by Crippen LogP contribution is -2.33. The summed E-state index contributed by atoms with van der Waals surface area (Å²) in [5, 5.41) is 0. The SMILES string of the molecule is CCC(I)C(I)(I)S(=O)(=O)O. The summed E-state index contributed by atoms with van der Waals surface area (Å²) in [6.45, 7) is 1.88. The van der Waals surface area contributed by atoms with Crippen LogP contribution in [-0.4, -0.2) is 17.7 Å². The van der Waals surface area contributed by atoms with Gasteiger partial charge in [-0.2, -0.15) is 8.42 Å². The van der Waals surface area contributed by atoms with Crippen molar-refractivity contribution in [1.82, 2.24) is 0 Å². The fraction of sp³-hybridized carbons (Fsp3) is 1.00. The molecule has 0 saturated heterocycles. The molecular weight excluding hydrogens is 509 g/mol. The Kier molecular flexibility index (Phi) is 5.42. The van der Waals surface area contributed by atoms with Gasteiger partial charge < -0.3 is 0 Å². The van der Waals surface area contributed by atoms with Gasteiger partial charge in [0, 0.05) is 0 Å². The fourth-order valence-corrected chi connectivity index (χ4v) is 2.73. The average molecular weight is 516 g/mol. The molecule has 0 aromatic rings. The summed E-state index contributed by atoms with van der Waals surface area (Å²) < 4.78 is 29.2. The van der Waals surface area contributed by atoms with Crippen molar-refractivity contribution in [2.45, 2.75) is 18.0 Å². The van der Waals surface area contributed by atoms with Crippen molar-refractivity contribution in [3.8, 4) is 0 Å². The molecule has 68 valence electrons. The van der Waals surface area contributed by atoms with Crippen LogP contribution < -0.4 is 0 Å². The van der Waals surface area contributed by atoms with E-state index in [9.17, 15) is 8.42 Å². The van der Waals surface area contributed by atoms with Gasteiger partial charge in [-0.05, 0) is 51.6 Å². The van der Waals surface area contributed by atoms with E-state index in [2.05, 4.69) is 0 Å². The Balaban J connectivity index is 4.74. The highest BCUT2D eigenvalue weighted by Gasteiger charge is 2.42. The molecule has 0 saturated carbocycles. The van der Waals surface area contributed by atoms with Gasteiger partial charge >= 0.3 is 0 Å². The Morgan fingerprint density at radius 2 is 1.91 bits per heavy atom. The third kappa shape index (κ3) is 3.38. The van der Waals surface area contributed by atoms with E-state index in [-0.39, 0.29) is 3.92 Å². The first-order chi connectivity index (χ1) is 4.73. The molecular formula is C4H7I3O3S. The highest BCUT2D eigenvalue weighted by atomic mass is 127. The Morgan fingerprint density at radius 3 is 2.00 bits per heavy atom. The minimum Gasteiger partial charge on any atom is -0.284 e. The molecule has 0 spiro atoms. The molecule has 0 aliphatic rings. The molecule has 0 amide bonds. The summed E-state index contributed by atoms with van der Waals surface area (Å²) in [5.41, 5.74) is 0. The molecule has 0 aromatic heterocycles. The van der Waals surface area contributed by atoms with E-state index in [0.717, 1.165) is 0 Å². The fourth-order valence-electron chi connectivity index (χ4n) is 0.399. The molecule has 3 nitrogen and oxygen atoms in total. The van der Waals surface area contributed by atoms with Gasteiger partial charge in [0.1, 0.15) is 0 Å². The molecule has 0 bridgehead atoms. The average Bonchev–Trinajstić information content (AvgIpc) is 1.83. The number of hydrogen-bond acceptors (Lipinski definition) is 2. The van der Waals surface area contributed by atoms with Crippen LogP contribution in [0, 0.1) is 0 Å². The Bertz CT molecular complexity index is 223. The van der Waals surface area contributed by atoms with E-state index in [1.165, 1.54) is 0 Å². The molecule has 0 rings (SSSR count). The third-order valence-electron chi connectivity index (χ3n) is 1.07. The van der Waals surface area contributed by atoms with E-state index in [1.54, 1.807) is 45.2 Å². The second-order valence-electron chi connectivity index (χ2n) is 1.91. The maximum Gasteiger partial charge on any atom is 0.290 e. The molecule has 7 heteroatoms. The van der Waals surface area contributed by atoms with Crippen LogP contribution >= 0.6 is 67.8 Å². The molecule has 0 fully saturated rings.